The molecule has 2 nitrogen and oxygen atoms in total. The molecule has 18 heavy (non-hydrogen) atoms. The van der Waals surface area contributed by atoms with E-state index in [-0.39, 0.29) is 11.6 Å². The van der Waals surface area contributed by atoms with Crippen molar-refractivity contribution in [2.75, 3.05) is 6.54 Å². The molecule has 2 rings (SSSR count). The van der Waals surface area contributed by atoms with Crippen molar-refractivity contribution >= 4 is 5.78 Å². The van der Waals surface area contributed by atoms with Crippen LogP contribution >= 0.6 is 0 Å². The van der Waals surface area contributed by atoms with Crippen LogP contribution in [0.5, 0.6) is 0 Å². The van der Waals surface area contributed by atoms with E-state index in [9.17, 15) is 9.18 Å². The summed E-state index contributed by atoms with van der Waals surface area (Å²) in [5, 5.41) is 0. The van der Waals surface area contributed by atoms with Gasteiger partial charge in [0.1, 0.15) is 11.6 Å². The lowest BCUT2D eigenvalue weighted by molar-refractivity contribution is -0.118. The number of benzene rings is 1. The molecule has 0 N–H and O–H groups in total. The van der Waals surface area contributed by atoms with Crippen LogP contribution in [0.15, 0.2) is 18.2 Å². The first-order chi connectivity index (χ1) is 8.56. The molecule has 1 unspecified atom stereocenters. The van der Waals surface area contributed by atoms with Crippen LogP contribution in [-0.2, 0) is 11.3 Å². The van der Waals surface area contributed by atoms with Crippen molar-refractivity contribution in [1.82, 2.24) is 4.90 Å². The molecule has 1 aliphatic rings. The Morgan fingerprint density at radius 2 is 2.28 bits per heavy atom. The van der Waals surface area contributed by atoms with Crippen molar-refractivity contribution in [2.45, 2.75) is 45.7 Å². The number of halogens is 1. The Bertz CT molecular complexity index is 444. The standard InChI is InChI=1S/C15H20FNO/c1-11-8-14(16)6-5-13(11)10-17-7-3-4-15(17)9-12(2)18/h5-6,8,15H,3-4,7,9-10H2,1-2H3. The number of nitrogens with zero attached hydrogens (tertiary/aromatic N) is 1. The Kier molecular flexibility index (Phi) is 4.12. The molecule has 98 valence electrons. The first kappa shape index (κ1) is 13.2. The quantitative estimate of drug-likeness (QED) is 0.817. The second-order valence-electron chi connectivity index (χ2n) is 5.24. The molecule has 0 spiro atoms. The second-order valence-corrected chi connectivity index (χ2v) is 5.24. The maximum absolute atomic E-state index is 13.1. The third kappa shape index (κ3) is 3.16. The van der Waals surface area contributed by atoms with Gasteiger partial charge in [-0.3, -0.25) is 9.69 Å². The molecule has 0 aliphatic carbocycles. The third-order valence-corrected chi connectivity index (χ3v) is 3.70. The number of Topliss-reactive ketones (excluding diaryl/α,β-unsaturated/α-hetero) is 1. The zero-order valence-corrected chi connectivity index (χ0v) is 11.1. The molecule has 1 atom stereocenters. The van der Waals surface area contributed by atoms with E-state index < -0.39 is 0 Å². The van der Waals surface area contributed by atoms with Crippen molar-refractivity contribution in [3.05, 3.63) is 35.1 Å². The minimum atomic E-state index is -0.182. The molecular weight excluding hydrogens is 229 g/mol. The van der Waals surface area contributed by atoms with E-state index in [2.05, 4.69) is 4.90 Å². The van der Waals surface area contributed by atoms with Gasteiger partial charge in [-0.2, -0.15) is 0 Å². The number of ketones is 1. The summed E-state index contributed by atoms with van der Waals surface area (Å²) in [4.78, 5) is 13.6. The Morgan fingerprint density at radius 3 is 2.94 bits per heavy atom. The van der Waals surface area contributed by atoms with Crippen molar-refractivity contribution in [3.8, 4) is 0 Å². The van der Waals surface area contributed by atoms with Crippen LogP contribution in [0.2, 0.25) is 0 Å². The summed E-state index contributed by atoms with van der Waals surface area (Å²) < 4.78 is 13.1. The van der Waals surface area contributed by atoms with E-state index in [0.29, 0.717) is 12.5 Å². The predicted octanol–water partition coefficient (Wildman–Crippen LogP) is 3.08. The number of carbonyl (C=O) groups is 1. The van der Waals surface area contributed by atoms with Gasteiger partial charge < -0.3 is 0 Å². The molecule has 1 aliphatic heterocycles. The van der Waals surface area contributed by atoms with E-state index in [4.69, 9.17) is 0 Å². The largest absolute Gasteiger partial charge is 0.300 e. The fraction of sp³-hybridized carbons (Fsp3) is 0.533. The van der Waals surface area contributed by atoms with Gasteiger partial charge in [0.15, 0.2) is 0 Å². The third-order valence-electron chi connectivity index (χ3n) is 3.70. The van der Waals surface area contributed by atoms with Gasteiger partial charge >= 0.3 is 0 Å². The van der Waals surface area contributed by atoms with Gasteiger partial charge in [-0.1, -0.05) is 6.07 Å². The number of rotatable bonds is 4. The highest BCUT2D eigenvalue weighted by atomic mass is 19.1. The highest BCUT2D eigenvalue weighted by Crippen LogP contribution is 2.24. The SMILES string of the molecule is CC(=O)CC1CCCN1Cc1ccc(F)cc1C. The van der Waals surface area contributed by atoms with E-state index in [0.717, 1.165) is 37.1 Å². The van der Waals surface area contributed by atoms with Gasteiger partial charge in [0.2, 0.25) is 0 Å². The van der Waals surface area contributed by atoms with Crippen molar-refractivity contribution in [1.29, 1.82) is 0 Å². The molecule has 1 fully saturated rings. The number of aryl methyl sites for hydroxylation is 1. The molecule has 1 heterocycles. The number of likely N-dealkylation sites (tertiary alicyclic amines) is 1. The molecule has 0 bridgehead atoms. The van der Waals surface area contributed by atoms with E-state index in [1.807, 2.05) is 13.0 Å². The van der Waals surface area contributed by atoms with Crippen LogP contribution in [-0.4, -0.2) is 23.3 Å². The molecule has 0 aromatic heterocycles. The molecule has 0 amide bonds. The molecule has 0 radical (unpaired) electrons. The lowest BCUT2D eigenvalue weighted by atomic mass is 10.1. The van der Waals surface area contributed by atoms with Crippen molar-refractivity contribution < 1.29 is 9.18 Å². The van der Waals surface area contributed by atoms with Gasteiger partial charge in [0.05, 0.1) is 0 Å². The summed E-state index contributed by atoms with van der Waals surface area (Å²) in [6, 6.07) is 5.31. The highest BCUT2D eigenvalue weighted by Gasteiger charge is 2.25. The maximum Gasteiger partial charge on any atom is 0.131 e. The Morgan fingerprint density at radius 1 is 1.50 bits per heavy atom. The molecule has 1 aromatic carbocycles. The minimum Gasteiger partial charge on any atom is -0.300 e. The lowest BCUT2D eigenvalue weighted by Gasteiger charge is -2.24. The van der Waals surface area contributed by atoms with Crippen LogP contribution in [0.25, 0.3) is 0 Å². The summed E-state index contributed by atoms with van der Waals surface area (Å²) in [6.45, 7) is 5.45. The molecule has 0 saturated carbocycles. The predicted molar refractivity (Wildman–Crippen MR) is 69.9 cm³/mol. The van der Waals surface area contributed by atoms with E-state index in [1.54, 1.807) is 13.0 Å². The minimum absolute atomic E-state index is 0.182. The fourth-order valence-corrected chi connectivity index (χ4v) is 2.72. The summed E-state index contributed by atoms with van der Waals surface area (Å²) in [6.07, 6.45) is 2.89. The summed E-state index contributed by atoms with van der Waals surface area (Å²) in [5.74, 6) is 0.0701. The zero-order valence-electron chi connectivity index (χ0n) is 11.1. The normalized spacial score (nSPS) is 20.3. The summed E-state index contributed by atoms with van der Waals surface area (Å²) in [5.41, 5.74) is 2.15. The highest BCUT2D eigenvalue weighted by molar-refractivity contribution is 5.76. The summed E-state index contributed by atoms with van der Waals surface area (Å²) in [7, 11) is 0. The first-order valence-electron chi connectivity index (χ1n) is 6.55. The molecule has 1 saturated heterocycles. The first-order valence-corrected chi connectivity index (χ1v) is 6.55. The smallest absolute Gasteiger partial charge is 0.131 e. The van der Waals surface area contributed by atoms with Crippen LogP contribution in [0.1, 0.15) is 37.3 Å². The average Bonchev–Trinajstić information content (AvgIpc) is 2.69. The van der Waals surface area contributed by atoms with Gasteiger partial charge in [0, 0.05) is 19.0 Å². The zero-order chi connectivity index (χ0) is 13.1. The fourth-order valence-electron chi connectivity index (χ4n) is 2.72. The van der Waals surface area contributed by atoms with Gasteiger partial charge in [-0.25, -0.2) is 4.39 Å². The Hall–Kier alpha value is -1.22. The Labute approximate surface area is 108 Å². The van der Waals surface area contributed by atoms with Crippen LogP contribution in [0.4, 0.5) is 4.39 Å². The Balaban J connectivity index is 2.05. The van der Waals surface area contributed by atoms with Crippen molar-refractivity contribution in [3.63, 3.8) is 0 Å². The van der Waals surface area contributed by atoms with E-state index in [1.165, 1.54) is 6.07 Å². The van der Waals surface area contributed by atoms with Crippen LogP contribution < -0.4 is 0 Å². The topological polar surface area (TPSA) is 20.3 Å². The average molecular weight is 249 g/mol. The van der Waals surface area contributed by atoms with Gasteiger partial charge in [-0.05, 0) is 56.5 Å². The number of hydrogen-bond donors (Lipinski definition) is 0. The molecular formula is C15H20FNO. The van der Waals surface area contributed by atoms with E-state index >= 15 is 0 Å². The van der Waals surface area contributed by atoms with Gasteiger partial charge in [-0.15, -0.1) is 0 Å². The molecule has 3 heteroatoms. The monoisotopic (exact) mass is 249 g/mol. The number of hydrogen-bond acceptors (Lipinski definition) is 2. The number of carbonyl (C=O) groups excluding carboxylic acids is 1. The second kappa shape index (κ2) is 5.61. The molecule has 1 aromatic rings. The maximum atomic E-state index is 13.1. The van der Waals surface area contributed by atoms with Crippen LogP contribution in [0.3, 0.4) is 0 Å². The van der Waals surface area contributed by atoms with Gasteiger partial charge in [0.25, 0.3) is 0 Å². The van der Waals surface area contributed by atoms with Crippen molar-refractivity contribution in [2.24, 2.45) is 0 Å². The lowest BCUT2D eigenvalue weighted by Crippen LogP contribution is -2.30. The summed E-state index contributed by atoms with van der Waals surface area (Å²) >= 11 is 0. The van der Waals surface area contributed by atoms with Crippen LogP contribution in [0, 0.1) is 12.7 Å².